The zero-order valence-corrected chi connectivity index (χ0v) is 22.8. The first-order valence-electron chi connectivity index (χ1n) is 12.3. The summed E-state index contributed by atoms with van der Waals surface area (Å²) in [5, 5.41) is 20.6. The van der Waals surface area contributed by atoms with Crippen LogP contribution in [-0.4, -0.2) is 45.9 Å². The van der Waals surface area contributed by atoms with Crippen molar-refractivity contribution in [1.82, 2.24) is 15.1 Å². The second kappa shape index (κ2) is 11.0. The fourth-order valence-electron chi connectivity index (χ4n) is 5.68. The van der Waals surface area contributed by atoms with Crippen LogP contribution in [0, 0.1) is 17.2 Å². The van der Waals surface area contributed by atoms with Crippen LogP contribution in [0.3, 0.4) is 0 Å². The molecule has 3 atom stereocenters. The summed E-state index contributed by atoms with van der Waals surface area (Å²) in [6, 6.07) is 7.05. The molecule has 2 saturated carbocycles. The first-order chi connectivity index (χ1) is 17.9. The Balaban J connectivity index is 1.42. The number of furan rings is 1. The van der Waals surface area contributed by atoms with Crippen LogP contribution in [0.2, 0.25) is 0 Å². The van der Waals surface area contributed by atoms with Gasteiger partial charge in [0.2, 0.25) is 5.96 Å². The third kappa shape index (κ3) is 5.46. The molecule has 196 valence electrons. The highest BCUT2D eigenvalue weighted by Gasteiger charge is 2.48. The summed E-state index contributed by atoms with van der Waals surface area (Å²) in [5.74, 6) is 2.97. The molecule has 3 fully saturated rings. The number of hydrogen-bond acceptors (Lipinski definition) is 7. The molecule has 2 aromatic rings. The molecule has 3 unspecified atom stereocenters. The highest BCUT2D eigenvalue weighted by Crippen LogP contribution is 2.49. The molecular formula is C26H29ClN4O4S2. The Bertz CT molecular complexity index is 1260. The van der Waals surface area contributed by atoms with Gasteiger partial charge < -0.3 is 19.6 Å². The minimum Gasteiger partial charge on any atom is -0.508 e. The van der Waals surface area contributed by atoms with E-state index in [9.17, 15) is 9.90 Å². The Morgan fingerprint density at radius 3 is 2.89 bits per heavy atom. The SMILES string of the molecule is COc1cc(O)cc(-c2cc(CCCNC(=N)NCl)c(/C=C3\SC(=S)N(C4CC5CCC4C5)C3=O)o2)c1. The van der Waals surface area contributed by atoms with Crippen LogP contribution in [0.25, 0.3) is 17.4 Å². The number of carbonyl (C=O) groups is 1. The molecule has 1 aromatic carbocycles. The summed E-state index contributed by atoms with van der Waals surface area (Å²) < 4.78 is 12.2. The van der Waals surface area contributed by atoms with Crippen molar-refractivity contribution >= 4 is 58.0 Å². The van der Waals surface area contributed by atoms with Gasteiger partial charge in [-0.05, 0) is 67.7 Å². The van der Waals surface area contributed by atoms with E-state index in [0.29, 0.717) is 63.3 Å². The van der Waals surface area contributed by atoms with E-state index in [-0.39, 0.29) is 23.7 Å². The van der Waals surface area contributed by atoms with Crippen LogP contribution in [0.5, 0.6) is 11.5 Å². The van der Waals surface area contributed by atoms with Gasteiger partial charge in [0.1, 0.15) is 27.3 Å². The Hall–Kier alpha value is -2.69. The van der Waals surface area contributed by atoms with Crippen LogP contribution in [0.15, 0.2) is 33.6 Å². The molecule has 2 heterocycles. The molecule has 4 N–H and O–H groups in total. The highest BCUT2D eigenvalue weighted by molar-refractivity contribution is 8.26. The molecule has 1 aromatic heterocycles. The number of ether oxygens (including phenoxy) is 1. The molecule has 8 nitrogen and oxygen atoms in total. The van der Waals surface area contributed by atoms with Crippen molar-refractivity contribution in [1.29, 1.82) is 5.41 Å². The number of hydrogen-bond donors (Lipinski definition) is 4. The minimum absolute atomic E-state index is 0.0333. The molecule has 5 rings (SSSR count). The van der Waals surface area contributed by atoms with Gasteiger partial charge in [0.25, 0.3) is 5.91 Å². The van der Waals surface area contributed by atoms with Gasteiger partial charge >= 0.3 is 0 Å². The minimum atomic E-state index is -0.0428. The molecule has 1 aliphatic heterocycles. The van der Waals surface area contributed by atoms with E-state index >= 15 is 0 Å². The highest BCUT2D eigenvalue weighted by atomic mass is 35.5. The number of aryl methyl sites for hydroxylation is 1. The van der Waals surface area contributed by atoms with Crippen molar-refractivity contribution in [2.45, 2.75) is 44.6 Å². The van der Waals surface area contributed by atoms with E-state index < -0.39 is 0 Å². The third-order valence-corrected chi connectivity index (χ3v) is 8.91. The summed E-state index contributed by atoms with van der Waals surface area (Å²) in [6.07, 6.45) is 7.82. The van der Waals surface area contributed by atoms with Crippen molar-refractivity contribution in [3.05, 3.63) is 40.5 Å². The monoisotopic (exact) mass is 560 g/mol. The van der Waals surface area contributed by atoms with Crippen molar-refractivity contribution in [3.63, 3.8) is 0 Å². The fraction of sp³-hybridized carbons (Fsp3) is 0.423. The lowest BCUT2D eigenvalue weighted by atomic mass is 9.94. The lowest BCUT2D eigenvalue weighted by molar-refractivity contribution is -0.124. The Morgan fingerprint density at radius 1 is 1.35 bits per heavy atom. The van der Waals surface area contributed by atoms with Crippen molar-refractivity contribution in [3.8, 4) is 22.8 Å². The molecule has 0 radical (unpaired) electrons. The number of thiocarbonyl (C=S) groups is 1. The van der Waals surface area contributed by atoms with Gasteiger partial charge in [0, 0.05) is 42.1 Å². The number of nitrogens with zero attached hydrogens (tertiary/aromatic N) is 1. The number of methoxy groups -OCH3 is 1. The van der Waals surface area contributed by atoms with Gasteiger partial charge in [0.15, 0.2) is 0 Å². The van der Waals surface area contributed by atoms with Crippen LogP contribution in [0.1, 0.15) is 43.4 Å². The number of rotatable bonds is 8. The number of phenolic OH excluding ortho intramolecular Hbond substituents is 1. The van der Waals surface area contributed by atoms with E-state index in [1.165, 1.54) is 44.2 Å². The third-order valence-electron chi connectivity index (χ3n) is 7.39. The maximum atomic E-state index is 13.5. The van der Waals surface area contributed by atoms with Crippen LogP contribution < -0.4 is 14.9 Å². The number of benzene rings is 1. The molecule has 0 spiro atoms. The second-order valence-corrected chi connectivity index (χ2v) is 11.6. The van der Waals surface area contributed by atoms with E-state index in [0.717, 1.165) is 12.0 Å². The van der Waals surface area contributed by atoms with Gasteiger partial charge in [-0.15, -0.1) is 0 Å². The normalized spacial score (nSPS) is 23.8. The van der Waals surface area contributed by atoms with Crippen LogP contribution in [0.4, 0.5) is 0 Å². The van der Waals surface area contributed by atoms with E-state index in [2.05, 4.69) is 10.2 Å². The lowest BCUT2D eigenvalue weighted by Gasteiger charge is -2.30. The topological polar surface area (TPSA) is 111 Å². The molecule has 3 aliphatic rings. The Morgan fingerprint density at radius 2 is 2.19 bits per heavy atom. The number of halogens is 1. The van der Waals surface area contributed by atoms with Gasteiger partial charge in [-0.2, -0.15) is 0 Å². The number of nitrogens with one attached hydrogen (secondary N) is 3. The van der Waals surface area contributed by atoms with Crippen LogP contribution >= 0.6 is 35.8 Å². The molecule has 1 amide bonds. The molecule has 2 aliphatic carbocycles. The smallest absolute Gasteiger partial charge is 0.266 e. The Labute approximate surface area is 230 Å². The van der Waals surface area contributed by atoms with E-state index in [1.54, 1.807) is 18.2 Å². The average Bonchev–Trinajstić information content (AvgIpc) is 3.66. The van der Waals surface area contributed by atoms with Crippen molar-refractivity contribution < 1.29 is 19.1 Å². The number of guanidine groups is 1. The summed E-state index contributed by atoms with van der Waals surface area (Å²) in [7, 11) is 1.54. The summed E-state index contributed by atoms with van der Waals surface area (Å²) >= 11 is 12.4. The molecule has 11 heteroatoms. The quantitative estimate of drug-likeness (QED) is 0.0865. The zero-order chi connectivity index (χ0) is 26.1. The molecule has 37 heavy (non-hydrogen) atoms. The van der Waals surface area contributed by atoms with Crippen molar-refractivity contribution in [2.24, 2.45) is 11.8 Å². The summed E-state index contributed by atoms with van der Waals surface area (Å²) in [4.78, 5) is 18.1. The summed E-state index contributed by atoms with van der Waals surface area (Å²) in [5.41, 5.74) is 1.58. The van der Waals surface area contributed by atoms with E-state index in [4.69, 9.17) is 38.6 Å². The fourth-order valence-corrected chi connectivity index (χ4v) is 7.09. The standard InChI is InChI=1S/C26H29ClN4O4S2/c1-34-19-10-17(9-18(32)12-19)21-11-16(3-2-6-29-25(28)30-27)22(35-21)13-23-24(33)31(26(36)37-23)20-8-14-4-5-15(20)7-14/h9-15,20,32H,2-8H2,1H3,(H3,28,29,30)/b23-13-. The number of fused-ring (bicyclic) bond motifs is 2. The predicted octanol–water partition coefficient (Wildman–Crippen LogP) is 5.25. The van der Waals surface area contributed by atoms with Gasteiger partial charge in [0.05, 0.1) is 12.0 Å². The average molecular weight is 561 g/mol. The zero-order valence-electron chi connectivity index (χ0n) is 20.4. The van der Waals surface area contributed by atoms with Gasteiger partial charge in [-0.25, -0.2) is 0 Å². The maximum Gasteiger partial charge on any atom is 0.266 e. The van der Waals surface area contributed by atoms with Gasteiger partial charge in [-0.1, -0.05) is 30.4 Å². The van der Waals surface area contributed by atoms with Crippen molar-refractivity contribution in [2.75, 3.05) is 13.7 Å². The number of carbonyl (C=O) groups excluding carboxylic acids is 1. The van der Waals surface area contributed by atoms with E-state index in [1.807, 2.05) is 11.0 Å². The number of amides is 1. The summed E-state index contributed by atoms with van der Waals surface area (Å²) in [6.45, 7) is 0.533. The second-order valence-electron chi connectivity index (χ2n) is 9.71. The number of phenols is 1. The molecule has 2 bridgehead atoms. The maximum absolute atomic E-state index is 13.5. The largest absolute Gasteiger partial charge is 0.508 e. The molecule has 1 saturated heterocycles. The first kappa shape index (κ1) is 25.9. The molecular weight excluding hydrogens is 532 g/mol. The van der Waals surface area contributed by atoms with Gasteiger partial charge in [-0.3, -0.25) is 19.9 Å². The number of aromatic hydroxyl groups is 1. The first-order valence-corrected chi connectivity index (χ1v) is 13.9. The Kier molecular flexibility index (Phi) is 7.69. The van der Waals surface area contributed by atoms with Crippen LogP contribution in [-0.2, 0) is 11.2 Å². The lowest BCUT2D eigenvalue weighted by Crippen LogP contribution is -2.41. The predicted molar refractivity (Wildman–Crippen MR) is 150 cm³/mol. The number of thioether (sulfide) groups is 1.